The van der Waals surface area contributed by atoms with Gasteiger partial charge >= 0.3 is 6.18 Å². The maximum absolute atomic E-state index is 12.2. The topological polar surface area (TPSA) is 36.7 Å². The molecule has 16 heavy (non-hydrogen) atoms. The summed E-state index contributed by atoms with van der Waals surface area (Å²) in [6.07, 6.45) is -1.31. The van der Waals surface area contributed by atoms with Gasteiger partial charge in [-0.15, -0.1) is 0 Å². The largest absolute Gasteiger partial charge is 0.433 e. The van der Waals surface area contributed by atoms with Gasteiger partial charge in [0, 0.05) is 6.20 Å². The van der Waals surface area contributed by atoms with Crippen LogP contribution in [0.15, 0.2) is 18.3 Å². The third kappa shape index (κ3) is 2.16. The minimum Gasteiger partial charge on any atom is -0.251 e. The Morgan fingerprint density at radius 1 is 1.38 bits per heavy atom. The van der Waals surface area contributed by atoms with Crippen LogP contribution in [0.25, 0.3) is 0 Å². The number of nitriles is 1. The van der Waals surface area contributed by atoms with E-state index in [0.717, 1.165) is 25.1 Å². The van der Waals surface area contributed by atoms with Crippen LogP contribution in [0, 0.1) is 17.2 Å². The Hall–Kier alpha value is -1.57. The van der Waals surface area contributed by atoms with E-state index < -0.39 is 11.9 Å². The molecule has 0 saturated heterocycles. The van der Waals surface area contributed by atoms with E-state index in [4.69, 9.17) is 5.26 Å². The van der Waals surface area contributed by atoms with Gasteiger partial charge in [0.2, 0.25) is 0 Å². The van der Waals surface area contributed by atoms with E-state index in [1.165, 1.54) is 6.07 Å². The number of hydrogen-bond acceptors (Lipinski definition) is 2. The van der Waals surface area contributed by atoms with Crippen LogP contribution in [0.3, 0.4) is 0 Å². The van der Waals surface area contributed by atoms with Crippen LogP contribution in [0.5, 0.6) is 0 Å². The first-order chi connectivity index (χ1) is 7.52. The third-order valence-corrected chi connectivity index (χ3v) is 2.67. The van der Waals surface area contributed by atoms with Gasteiger partial charge in [0.05, 0.1) is 12.0 Å². The number of alkyl halides is 3. The normalized spacial score (nSPS) is 17.9. The molecular formula is C11H9F3N2. The Kier molecular flexibility index (Phi) is 2.58. The van der Waals surface area contributed by atoms with Gasteiger partial charge in [0.1, 0.15) is 5.69 Å². The Morgan fingerprint density at radius 3 is 2.44 bits per heavy atom. The molecule has 5 heteroatoms. The minimum atomic E-state index is -4.42. The first-order valence-corrected chi connectivity index (χ1v) is 4.95. The molecule has 1 fully saturated rings. The second-order valence-electron chi connectivity index (χ2n) is 3.92. The monoisotopic (exact) mass is 226 g/mol. The van der Waals surface area contributed by atoms with Crippen molar-refractivity contribution in [1.29, 1.82) is 5.26 Å². The molecule has 2 nitrogen and oxygen atoms in total. The maximum atomic E-state index is 12.2. The summed E-state index contributed by atoms with van der Waals surface area (Å²) in [5, 5.41) is 8.92. The number of hydrogen-bond donors (Lipinski definition) is 0. The van der Waals surface area contributed by atoms with Crippen molar-refractivity contribution < 1.29 is 13.2 Å². The van der Waals surface area contributed by atoms with Crippen LogP contribution >= 0.6 is 0 Å². The van der Waals surface area contributed by atoms with Crippen molar-refractivity contribution in [1.82, 2.24) is 4.98 Å². The van der Waals surface area contributed by atoms with Crippen molar-refractivity contribution in [3.63, 3.8) is 0 Å². The Labute approximate surface area is 90.7 Å². The summed E-state index contributed by atoms with van der Waals surface area (Å²) < 4.78 is 36.7. The van der Waals surface area contributed by atoms with Crippen molar-refractivity contribution in [3.8, 4) is 6.07 Å². The summed E-state index contributed by atoms with van der Waals surface area (Å²) in [5.74, 6) is -0.0154. The van der Waals surface area contributed by atoms with Crippen LogP contribution in [0.1, 0.15) is 30.0 Å². The quantitative estimate of drug-likeness (QED) is 0.776. The van der Waals surface area contributed by atoms with Gasteiger partial charge in [-0.3, -0.25) is 4.98 Å². The lowest BCUT2D eigenvalue weighted by molar-refractivity contribution is -0.141. The lowest BCUT2D eigenvalue weighted by Crippen LogP contribution is -2.08. The smallest absolute Gasteiger partial charge is 0.251 e. The van der Waals surface area contributed by atoms with E-state index in [1.807, 2.05) is 0 Å². The summed E-state index contributed by atoms with van der Waals surface area (Å²) >= 11 is 0. The average molecular weight is 226 g/mol. The van der Waals surface area contributed by atoms with Crippen molar-refractivity contribution in [2.45, 2.75) is 24.9 Å². The van der Waals surface area contributed by atoms with Gasteiger partial charge in [-0.25, -0.2) is 0 Å². The first-order valence-electron chi connectivity index (χ1n) is 4.95. The molecule has 0 amide bonds. The zero-order chi connectivity index (χ0) is 11.8. The van der Waals surface area contributed by atoms with E-state index in [1.54, 1.807) is 0 Å². The molecule has 0 bridgehead atoms. The van der Waals surface area contributed by atoms with E-state index in [0.29, 0.717) is 11.5 Å². The fourth-order valence-corrected chi connectivity index (χ4v) is 1.64. The molecule has 0 radical (unpaired) electrons. The van der Waals surface area contributed by atoms with Crippen molar-refractivity contribution >= 4 is 0 Å². The summed E-state index contributed by atoms with van der Waals surface area (Å²) in [6, 6.07) is 4.40. The zero-order valence-electron chi connectivity index (χ0n) is 8.33. The van der Waals surface area contributed by atoms with E-state index in [2.05, 4.69) is 11.1 Å². The molecule has 1 atom stereocenters. The molecule has 2 rings (SSSR count). The molecule has 84 valence electrons. The fraction of sp³-hybridized carbons (Fsp3) is 0.455. The van der Waals surface area contributed by atoms with Gasteiger partial charge in [0.15, 0.2) is 0 Å². The lowest BCUT2D eigenvalue weighted by atomic mass is 9.97. The molecule has 0 spiro atoms. The summed E-state index contributed by atoms with van der Waals surface area (Å²) in [5.41, 5.74) is -0.332. The molecular weight excluding hydrogens is 217 g/mol. The molecule has 1 aliphatic carbocycles. The molecule has 1 aromatic heterocycles. The first kappa shape index (κ1) is 10.9. The van der Waals surface area contributed by atoms with Crippen molar-refractivity contribution in [2.75, 3.05) is 0 Å². The summed E-state index contributed by atoms with van der Waals surface area (Å²) in [6.45, 7) is 0. The SMILES string of the molecule is N#C[C@@H](c1ccc(C(F)(F)F)nc1)C1CC1. The van der Waals surface area contributed by atoms with Gasteiger partial charge in [0.25, 0.3) is 0 Å². The molecule has 1 aliphatic rings. The lowest BCUT2D eigenvalue weighted by Gasteiger charge is -2.09. The Morgan fingerprint density at radius 2 is 2.06 bits per heavy atom. The second-order valence-corrected chi connectivity index (χ2v) is 3.92. The standard InChI is InChI=1S/C11H9F3N2/c12-11(13,14)10-4-3-8(6-16-10)9(5-15)7-1-2-7/h3-4,6-7,9H,1-2H2/t9-/m1/s1. The molecule has 0 aromatic carbocycles. The van der Waals surface area contributed by atoms with Crippen molar-refractivity contribution in [3.05, 3.63) is 29.6 Å². The van der Waals surface area contributed by atoms with E-state index >= 15 is 0 Å². The molecule has 0 aliphatic heterocycles. The fourth-order valence-electron chi connectivity index (χ4n) is 1.64. The van der Waals surface area contributed by atoms with E-state index in [-0.39, 0.29) is 5.92 Å². The van der Waals surface area contributed by atoms with Crippen LogP contribution < -0.4 is 0 Å². The minimum absolute atomic E-state index is 0.295. The molecule has 1 aromatic rings. The number of pyridine rings is 1. The van der Waals surface area contributed by atoms with Gasteiger partial charge in [-0.2, -0.15) is 18.4 Å². The summed E-state index contributed by atoms with van der Waals surface area (Å²) in [7, 11) is 0. The highest BCUT2D eigenvalue weighted by Crippen LogP contribution is 2.42. The molecule has 0 unspecified atom stereocenters. The highest BCUT2D eigenvalue weighted by atomic mass is 19.4. The van der Waals surface area contributed by atoms with Gasteiger partial charge < -0.3 is 0 Å². The summed E-state index contributed by atoms with van der Waals surface area (Å²) in [4.78, 5) is 3.35. The zero-order valence-corrected chi connectivity index (χ0v) is 8.33. The number of rotatable bonds is 2. The van der Waals surface area contributed by atoms with Gasteiger partial charge in [-0.1, -0.05) is 6.07 Å². The maximum Gasteiger partial charge on any atom is 0.433 e. The highest BCUT2D eigenvalue weighted by Gasteiger charge is 2.35. The van der Waals surface area contributed by atoms with Crippen molar-refractivity contribution in [2.24, 2.45) is 5.92 Å². The number of aromatic nitrogens is 1. The molecule has 1 heterocycles. The predicted octanol–water partition coefficient (Wildman–Crippen LogP) is 3.12. The van der Waals surface area contributed by atoms with E-state index in [9.17, 15) is 13.2 Å². The van der Waals surface area contributed by atoms with Crippen LogP contribution in [0.4, 0.5) is 13.2 Å². The molecule has 0 N–H and O–H groups in total. The van der Waals surface area contributed by atoms with Crippen LogP contribution in [0.2, 0.25) is 0 Å². The predicted molar refractivity (Wildman–Crippen MR) is 50.3 cm³/mol. The van der Waals surface area contributed by atoms with Crippen LogP contribution in [-0.4, -0.2) is 4.98 Å². The van der Waals surface area contributed by atoms with Crippen LogP contribution in [-0.2, 0) is 6.18 Å². The molecule has 1 saturated carbocycles. The second kappa shape index (κ2) is 3.78. The third-order valence-electron chi connectivity index (χ3n) is 2.67. The highest BCUT2D eigenvalue weighted by molar-refractivity contribution is 5.26. The average Bonchev–Trinajstić information content (AvgIpc) is 3.03. The van der Waals surface area contributed by atoms with Gasteiger partial charge in [-0.05, 0) is 30.4 Å². The number of halogens is 3. The number of nitrogens with zero attached hydrogens (tertiary/aromatic N) is 2. The Bertz CT molecular complexity index is 412. The Balaban J connectivity index is 2.22.